The Balaban J connectivity index is 2.80. The van der Waals surface area contributed by atoms with E-state index in [1.54, 1.807) is 14.0 Å². The molecule has 0 spiro atoms. The van der Waals surface area contributed by atoms with Gasteiger partial charge in [0.1, 0.15) is 6.61 Å². The molecule has 9 heavy (non-hydrogen) atoms. The van der Waals surface area contributed by atoms with Crippen LogP contribution in [0.2, 0.25) is 0 Å². The van der Waals surface area contributed by atoms with Gasteiger partial charge in [-0.1, -0.05) is 5.92 Å². The molecule has 0 heterocycles. The van der Waals surface area contributed by atoms with Gasteiger partial charge in [0.2, 0.25) is 0 Å². The van der Waals surface area contributed by atoms with Crippen LogP contribution in [0.4, 0.5) is 0 Å². The highest BCUT2D eigenvalue weighted by Gasteiger charge is 1.80. The molecule has 0 aromatic heterocycles. The van der Waals surface area contributed by atoms with Gasteiger partial charge in [-0.25, -0.2) is 0 Å². The van der Waals surface area contributed by atoms with Gasteiger partial charge in [-0.15, -0.1) is 5.92 Å². The first kappa shape index (κ1) is 8.48. The summed E-state index contributed by atoms with van der Waals surface area (Å²) in [6.45, 7) is 3.58. The summed E-state index contributed by atoms with van der Waals surface area (Å²) in [6.07, 6.45) is 0. The Kier molecular flexibility index (Phi) is 7.05. The van der Waals surface area contributed by atoms with Crippen molar-refractivity contribution in [1.29, 1.82) is 0 Å². The summed E-state index contributed by atoms with van der Waals surface area (Å²) in [5, 5.41) is 0. The lowest BCUT2D eigenvalue weighted by Crippen LogP contribution is -2.01. The van der Waals surface area contributed by atoms with Crippen molar-refractivity contribution in [3.8, 4) is 11.8 Å². The van der Waals surface area contributed by atoms with Gasteiger partial charge in [-0.2, -0.15) is 0 Å². The molecule has 0 N–H and O–H groups in total. The van der Waals surface area contributed by atoms with Crippen molar-refractivity contribution in [3.05, 3.63) is 0 Å². The zero-order valence-electron chi connectivity index (χ0n) is 5.94. The van der Waals surface area contributed by atoms with Crippen molar-refractivity contribution in [2.45, 2.75) is 6.92 Å². The molecule has 0 bridgehead atoms. The summed E-state index contributed by atoms with van der Waals surface area (Å²) in [7, 11) is 1.65. The van der Waals surface area contributed by atoms with Crippen LogP contribution >= 0.6 is 0 Å². The maximum atomic E-state index is 5.02. The molecule has 0 unspecified atom stereocenters. The monoisotopic (exact) mass is 128 g/mol. The second-order valence-corrected chi connectivity index (χ2v) is 1.47. The second kappa shape index (κ2) is 7.48. The third-order valence-corrected chi connectivity index (χ3v) is 0.783. The van der Waals surface area contributed by atoms with Gasteiger partial charge in [0.05, 0.1) is 13.2 Å². The molecule has 2 heteroatoms. The van der Waals surface area contributed by atoms with E-state index in [1.807, 2.05) is 0 Å². The molecular formula is C7H12O2. The summed E-state index contributed by atoms with van der Waals surface area (Å²) >= 11 is 0. The summed E-state index contributed by atoms with van der Waals surface area (Å²) in [6, 6.07) is 0. The van der Waals surface area contributed by atoms with Crippen LogP contribution in [-0.2, 0) is 9.47 Å². The SMILES string of the molecule is CC#CCOCCOC. The Labute approximate surface area is 56.2 Å². The highest BCUT2D eigenvalue weighted by molar-refractivity contribution is 4.94. The Morgan fingerprint density at radius 3 is 2.67 bits per heavy atom. The van der Waals surface area contributed by atoms with E-state index in [4.69, 9.17) is 9.47 Å². The zero-order valence-corrected chi connectivity index (χ0v) is 5.94. The largest absolute Gasteiger partial charge is 0.382 e. The van der Waals surface area contributed by atoms with E-state index in [9.17, 15) is 0 Å². The highest BCUT2D eigenvalue weighted by Crippen LogP contribution is 1.72. The van der Waals surface area contributed by atoms with Crippen LogP contribution in [0.1, 0.15) is 6.92 Å². The fourth-order valence-electron chi connectivity index (χ4n) is 0.338. The quantitative estimate of drug-likeness (QED) is 0.409. The average molecular weight is 128 g/mol. The third-order valence-electron chi connectivity index (χ3n) is 0.783. The first-order chi connectivity index (χ1) is 4.41. The lowest BCUT2D eigenvalue weighted by atomic mass is 10.6. The first-order valence-electron chi connectivity index (χ1n) is 2.88. The van der Waals surface area contributed by atoms with Crippen LogP contribution in [0.15, 0.2) is 0 Å². The Morgan fingerprint density at radius 2 is 2.11 bits per heavy atom. The molecule has 0 saturated heterocycles. The summed E-state index contributed by atoms with van der Waals surface area (Å²) in [5.74, 6) is 5.51. The van der Waals surface area contributed by atoms with Crippen molar-refractivity contribution < 1.29 is 9.47 Å². The predicted molar refractivity (Wildman–Crippen MR) is 36.1 cm³/mol. The van der Waals surface area contributed by atoms with Crippen molar-refractivity contribution in [1.82, 2.24) is 0 Å². The van der Waals surface area contributed by atoms with E-state index in [2.05, 4.69) is 11.8 Å². The molecule has 0 aliphatic heterocycles. The molecule has 0 fully saturated rings. The molecule has 52 valence electrons. The molecule has 0 saturated carbocycles. The summed E-state index contributed by atoms with van der Waals surface area (Å²) < 4.78 is 9.76. The first-order valence-corrected chi connectivity index (χ1v) is 2.88. The van der Waals surface area contributed by atoms with E-state index < -0.39 is 0 Å². The van der Waals surface area contributed by atoms with E-state index >= 15 is 0 Å². The molecule has 0 amide bonds. The fourth-order valence-corrected chi connectivity index (χ4v) is 0.338. The maximum Gasteiger partial charge on any atom is 0.107 e. The van der Waals surface area contributed by atoms with Crippen LogP contribution in [0.25, 0.3) is 0 Å². The number of rotatable bonds is 4. The van der Waals surface area contributed by atoms with Crippen LogP contribution in [-0.4, -0.2) is 26.9 Å². The Bertz CT molecular complexity index is 99.2. The minimum atomic E-state index is 0.514. The normalized spacial score (nSPS) is 8.22. The van der Waals surface area contributed by atoms with Crippen molar-refractivity contribution in [2.75, 3.05) is 26.9 Å². The standard InChI is InChI=1S/C7H12O2/c1-3-4-5-9-7-6-8-2/h5-7H2,1-2H3. The fraction of sp³-hybridized carbons (Fsp3) is 0.714. The van der Waals surface area contributed by atoms with E-state index in [0.29, 0.717) is 19.8 Å². The number of hydrogen-bond donors (Lipinski definition) is 0. The van der Waals surface area contributed by atoms with E-state index in [0.717, 1.165) is 0 Å². The minimum Gasteiger partial charge on any atom is -0.382 e. The Hall–Kier alpha value is -0.520. The molecule has 0 radical (unpaired) electrons. The van der Waals surface area contributed by atoms with Gasteiger partial charge < -0.3 is 9.47 Å². The van der Waals surface area contributed by atoms with E-state index in [1.165, 1.54) is 0 Å². The van der Waals surface area contributed by atoms with Gasteiger partial charge in [-0.3, -0.25) is 0 Å². The molecule has 0 rings (SSSR count). The number of methoxy groups -OCH3 is 1. The number of ether oxygens (including phenoxy) is 2. The Morgan fingerprint density at radius 1 is 1.33 bits per heavy atom. The van der Waals surface area contributed by atoms with Gasteiger partial charge in [0.15, 0.2) is 0 Å². The van der Waals surface area contributed by atoms with Crippen LogP contribution in [0.5, 0.6) is 0 Å². The summed E-state index contributed by atoms with van der Waals surface area (Å²) in [4.78, 5) is 0. The second-order valence-electron chi connectivity index (χ2n) is 1.47. The summed E-state index contributed by atoms with van der Waals surface area (Å²) in [5.41, 5.74) is 0. The van der Waals surface area contributed by atoms with Crippen LogP contribution < -0.4 is 0 Å². The average Bonchev–Trinajstić information content (AvgIpc) is 1.89. The molecule has 0 atom stereocenters. The van der Waals surface area contributed by atoms with E-state index in [-0.39, 0.29) is 0 Å². The molecule has 0 aliphatic rings. The zero-order chi connectivity index (χ0) is 6.95. The molecule has 0 aliphatic carbocycles. The minimum absolute atomic E-state index is 0.514. The lowest BCUT2D eigenvalue weighted by Gasteiger charge is -1.95. The molecule has 0 aromatic rings. The van der Waals surface area contributed by atoms with Crippen molar-refractivity contribution in [3.63, 3.8) is 0 Å². The van der Waals surface area contributed by atoms with Crippen molar-refractivity contribution in [2.24, 2.45) is 0 Å². The maximum absolute atomic E-state index is 5.02. The van der Waals surface area contributed by atoms with Crippen LogP contribution in [0.3, 0.4) is 0 Å². The smallest absolute Gasteiger partial charge is 0.107 e. The lowest BCUT2D eigenvalue weighted by molar-refractivity contribution is 0.0877. The van der Waals surface area contributed by atoms with Gasteiger partial charge in [0, 0.05) is 7.11 Å². The van der Waals surface area contributed by atoms with Crippen LogP contribution in [0, 0.1) is 11.8 Å². The highest BCUT2D eigenvalue weighted by atomic mass is 16.5. The number of hydrogen-bond acceptors (Lipinski definition) is 2. The third kappa shape index (κ3) is 7.48. The predicted octanol–water partition coefficient (Wildman–Crippen LogP) is 0.673. The topological polar surface area (TPSA) is 18.5 Å². The van der Waals surface area contributed by atoms with Gasteiger partial charge >= 0.3 is 0 Å². The van der Waals surface area contributed by atoms with Gasteiger partial charge in [0.25, 0.3) is 0 Å². The van der Waals surface area contributed by atoms with Crippen molar-refractivity contribution >= 4 is 0 Å². The van der Waals surface area contributed by atoms with Gasteiger partial charge in [-0.05, 0) is 6.92 Å². The molecule has 0 aromatic carbocycles. The molecule has 2 nitrogen and oxygen atoms in total. The molecular weight excluding hydrogens is 116 g/mol.